The highest BCUT2D eigenvalue weighted by Crippen LogP contribution is 2.34. The first kappa shape index (κ1) is 22.9. The second-order valence-electron chi connectivity index (χ2n) is 9.89. The Morgan fingerprint density at radius 3 is 1.82 bits per heavy atom. The van der Waals surface area contributed by atoms with Crippen LogP contribution in [0.25, 0.3) is 22.1 Å². The molecule has 2 heterocycles. The average molecular weight is 467 g/mol. The third-order valence-electron chi connectivity index (χ3n) is 6.57. The van der Waals surface area contributed by atoms with Gasteiger partial charge in [0.1, 0.15) is 23.3 Å². The molecule has 0 bridgehead atoms. The zero-order valence-corrected chi connectivity index (χ0v) is 19.7. The molecule has 8 heteroatoms. The maximum Gasteiger partial charge on any atom is 0.126 e. The van der Waals surface area contributed by atoms with Crippen LogP contribution in [0.1, 0.15) is 63.3 Å². The molecular weight excluding hydrogens is 434 g/mol. The van der Waals surface area contributed by atoms with Gasteiger partial charge in [-0.3, -0.25) is 0 Å². The van der Waals surface area contributed by atoms with Gasteiger partial charge in [-0.15, -0.1) is 0 Å². The predicted octanol–water partition coefficient (Wildman–Crippen LogP) is 5.21. The fourth-order valence-electron chi connectivity index (χ4n) is 4.43. The topological polar surface area (TPSA) is 87.7 Å². The number of benzene rings is 2. The van der Waals surface area contributed by atoms with E-state index in [1.54, 1.807) is 18.2 Å². The maximum absolute atomic E-state index is 13.3. The van der Waals surface area contributed by atoms with Crippen molar-refractivity contribution in [2.75, 3.05) is 0 Å². The molecule has 0 spiro atoms. The summed E-state index contributed by atoms with van der Waals surface area (Å²) in [6.45, 7) is 5.71. The van der Waals surface area contributed by atoms with Crippen LogP contribution in [-0.4, -0.2) is 19.1 Å². The minimum absolute atomic E-state index is 0.121. The largest absolute Gasteiger partial charge is 0.326 e. The molecule has 0 radical (unpaired) electrons. The number of hydrogen-bond acceptors (Lipinski definition) is 4. The van der Waals surface area contributed by atoms with E-state index < -0.39 is 0 Å². The predicted molar refractivity (Wildman–Crippen MR) is 130 cm³/mol. The van der Waals surface area contributed by atoms with Crippen molar-refractivity contribution >= 4 is 22.1 Å². The molecule has 0 aliphatic heterocycles. The van der Waals surface area contributed by atoms with Gasteiger partial charge in [0.15, 0.2) is 0 Å². The summed E-state index contributed by atoms with van der Waals surface area (Å²) >= 11 is 0. The Hall–Kier alpha value is -2.84. The fraction of sp³-hybridized carbons (Fsp3) is 0.462. The van der Waals surface area contributed by atoms with Gasteiger partial charge in [0, 0.05) is 19.2 Å². The lowest BCUT2D eigenvalue weighted by Crippen LogP contribution is -2.14. The lowest BCUT2D eigenvalue weighted by Gasteiger charge is -2.10. The van der Waals surface area contributed by atoms with Gasteiger partial charge in [0.05, 0.1) is 34.2 Å². The molecule has 2 aromatic heterocycles. The summed E-state index contributed by atoms with van der Waals surface area (Å²) in [6.07, 6.45) is 5.07. The van der Waals surface area contributed by atoms with Crippen molar-refractivity contribution in [1.29, 1.82) is 0 Å². The van der Waals surface area contributed by atoms with Crippen molar-refractivity contribution < 1.29 is 8.78 Å². The normalized spacial score (nSPS) is 17.6. The van der Waals surface area contributed by atoms with E-state index in [1.165, 1.54) is 43.9 Å². The second kappa shape index (κ2) is 9.07. The van der Waals surface area contributed by atoms with Gasteiger partial charge in [-0.2, -0.15) is 0 Å². The first-order valence-electron chi connectivity index (χ1n) is 12.1. The molecule has 2 fully saturated rings. The SMILES string of the molecule is C[C@H](N)c1nc2cc(F)ccc2n1CC1CC1.C[C@H](N)c1nc2ccc(F)cc2n1CC1CC1. The number of halogens is 2. The van der Waals surface area contributed by atoms with E-state index >= 15 is 0 Å². The van der Waals surface area contributed by atoms with Gasteiger partial charge in [0.25, 0.3) is 0 Å². The summed E-state index contributed by atoms with van der Waals surface area (Å²) in [7, 11) is 0. The van der Waals surface area contributed by atoms with Gasteiger partial charge in [0.2, 0.25) is 0 Å². The highest BCUT2D eigenvalue weighted by molar-refractivity contribution is 5.77. The summed E-state index contributed by atoms with van der Waals surface area (Å²) in [6, 6.07) is 9.24. The monoisotopic (exact) mass is 466 g/mol. The van der Waals surface area contributed by atoms with E-state index in [1.807, 2.05) is 13.8 Å². The number of fused-ring (bicyclic) bond motifs is 2. The minimum atomic E-state index is -0.246. The van der Waals surface area contributed by atoms with Crippen LogP contribution in [0.3, 0.4) is 0 Å². The lowest BCUT2D eigenvalue weighted by atomic mass is 10.3. The Morgan fingerprint density at radius 2 is 1.26 bits per heavy atom. The summed E-state index contributed by atoms with van der Waals surface area (Å²) in [4.78, 5) is 8.96. The van der Waals surface area contributed by atoms with E-state index in [0.717, 1.165) is 47.2 Å². The molecule has 2 aromatic carbocycles. The molecule has 0 amide bonds. The third-order valence-corrected chi connectivity index (χ3v) is 6.57. The smallest absolute Gasteiger partial charge is 0.126 e. The quantitative estimate of drug-likeness (QED) is 0.408. The van der Waals surface area contributed by atoms with Gasteiger partial charge in [-0.25, -0.2) is 18.7 Å². The lowest BCUT2D eigenvalue weighted by molar-refractivity contribution is 0.579. The molecule has 0 unspecified atom stereocenters. The van der Waals surface area contributed by atoms with E-state index in [-0.39, 0.29) is 23.7 Å². The second-order valence-corrected chi connectivity index (χ2v) is 9.89. The molecule has 2 aliphatic rings. The number of rotatable bonds is 6. The molecule has 180 valence electrons. The first-order chi connectivity index (χ1) is 16.3. The van der Waals surface area contributed by atoms with Crippen molar-refractivity contribution in [3.8, 4) is 0 Å². The maximum atomic E-state index is 13.3. The van der Waals surface area contributed by atoms with Gasteiger partial charge >= 0.3 is 0 Å². The minimum Gasteiger partial charge on any atom is -0.326 e. The van der Waals surface area contributed by atoms with Crippen molar-refractivity contribution in [3.63, 3.8) is 0 Å². The number of imidazole rings is 2. The van der Waals surface area contributed by atoms with Crippen molar-refractivity contribution in [2.24, 2.45) is 23.3 Å². The van der Waals surface area contributed by atoms with Crippen LogP contribution < -0.4 is 11.5 Å². The molecule has 6 nitrogen and oxygen atoms in total. The summed E-state index contributed by atoms with van der Waals surface area (Å²) in [5.41, 5.74) is 15.3. The van der Waals surface area contributed by atoms with Crippen molar-refractivity contribution in [2.45, 2.75) is 64.7 Å². The van der Waals surface area contributed by atoms with Crippen molar-refractivity contribution in [3.05, 3.63) is 59.7 Å². The molecule has 4 N–H and O–H groups in total. The van der Waals surface area contributed by atoms with Gasteiger partial charge in [-0.1, -0.05) is 0 Å². The van der Waals surface area contributed by atoms with E-state index in [4.69, 9.17) is 11.5 Å². The van der Waals surface area contributed by atoms with Crippen LogP contribution in [0.5, 0.6) is 0 Å². The van der Waals surface area contributed by atoms with Crippen LogP contribution in [0.15, 0.2) is 36.4 Å². The summed E-state index contributed by atoms with van der Waals surface area (Å²) in [5, 5.41) is 0. The zero-order valence-electron chi connectivity index (χ0n) is 19.7. The molecule has 34 heavy (non-hydrogen) atoms. The average Bonchev–Trinajstić information content (AvgIpc) is 3.70. The van der Waals surface area contributed by atoms with Crippen LogP contribution in [-0.2, 0) is 13.1 Å². The Kier molecular flexibility index (Phi) is 6.12. The van der Waals surface area contributed by atoms with Crippen LogP contribution in [0.4, 0.5) is 8.78 Å². The Labute approximate surface area is 198 Å². The molecule has 2 atom stereocenters. The Bertz CT molecular complexity index is 1310. The number of nitrogens with two attached hydrogens (primary N) is 2. The number of nitrogens with zero attached hydrogens (tertiary/aromatic N) is 4. The van der Waals surface area contributed by atoms with Gasteiger partial charge in [-0.05, 0) is 81.7 Å². The Balaban J connectivity index is 0.000000142. The number of aromatic nitrogens is 4. The van der Waals surface area contributed by atoms with E-state index in [9.17, 15) is 8.78 Å². The Morgan fingerprint density at radius 1 is 0.765 bits per heavy atom. The zero-order chi connectivity index (χ0) is 24.0. The van der Waals surface area contributed by atoms with Crippen LogP contribution >= 0.6 is 0 Å². The number of hydrogen-bond donors (Lipinski definition) is 2. The molecule has 0 saturated heterocycles. The molecular formula is C26H32F2N6. The molecule has 2 saturated carbocycles. The first-order valence-corrected chi connectivity index (χ1v) is 12.1. The highest BCUT2D eigenvalue weighted by Gasteiger charge is 2.26. The fourth-order valence-corrected chi connectivity index (χ4v) is 4.43. The van der Waals surface area contributed by atoms with Gasteiger partial charge < -0.3 is 20.6 Å². The summed E-state index contributed by atoms with van der Waals surface area (Å²) in [5.74, 6) is 2.72. The standard InChI is InChI=1S/2C13H16FN3/c1-8(15)13-16-11-6-10(14)4-5-12(11)17(13)7-9-2-3-9;1-8(15)13-16-11-5-4-10(14)6-12(11)17(13)7-9-2-3-9/h2*4-6,8-9H,2-3,7,15H2,1H3/t2*8-/m00/s1. The van der Waals surface area contributed by atoms with E-state index in [0.29, 0.717) is 11.4 Å². The highest BCUT2D eigenvalue weighted by atomic mass is 19.1. The third kappa shape index (κ3) is 4.83. The molecule has 4 aromatic rings. The van der Waals surface area contributed by atoms with Crippen LogP contribution in [0.2, 0.25) is 0 Å². The van der Waals surface area contributed by atoms with E-state index in [2.05, 4.69) is 19.1 Å². The van der Waals surface area contributed by atoms with Crippen molar-refractivity contribution in [1.82, 2.24) is 19.1 Å². The van der Waals surface area contributed by atoms with Crippen LogP contribution in [0, 0.1) is 23.5 Å². The molecule has 6 rings (SSSR count). The molecule has 2 aliphatic carbocycles. The summed E-state index contributed by atoms with van der Waals surface area (Å²) < 4.78 is 30.7.